The Morgan fingerprint density at radius 3 is 2.30 bits per heavy atom. The number of allylic oxidation sites excluding steroid dienone is 1. The predicted octanol–water partition coefficient (Wildman–Crippen LogP) is 12.4. The minimum atomic E-state index is -4.09. The fraction of sp³-hybridized carbons (Fsp3) is 0.605. The standard InChI is InChI=1S/C76H102Cl2N6O12S2/c1-10-47(3)49(5)97(87,88)80-73(86)57-32-58(71-69(36-57)84(45-76(46-96-71)30-15-18-52-34-60(78)25-28-67(52)76)39-55-21-26-64(55)63(11-2)74-92-41-61(42-93-74)81(7)8)37-82(9)62-43-94-75(95-44-62)66-19-14-16-48(4)50(6)98(89,90)79-72(85)53-23-29-70-68(35-53)83(38-54-22-27-65(54)66)31-13-12-17-51-33-59(77)24-20-56(51)40-91-70/h11,14,19-20,23-25,28-29,32-36,47-50,54-55,61-66,74-75H,2,10,12-13,15-18,21-22,26-27,30-31,37-46H2,1,3-9H3,(H,79,85)(H,80,86)/b19-14+/t47-,48-,49+,50+,54-,55-,61-,62-,63-,64+,65+,66+,74-,75-,76-/m0/s1. The van der Waals surface area contributed by atoms with Crippen molar-refractivity contribution < 1.29 is 54.8 Å². The van der Waals surface area contributed by atoms with Gasteiger partial charge in [0, 0.05) is 76.7 Å². The molecule has 18 nitrogen and oxygen atoms in total. The Morgan fingerprint density at radius 2 is 1.59 bits per heavy atom. The first kappa shape index (κ1) is 72.5. The Labute approximate surface area is 591 Å². The lowest BCUT2D eigenvalue weighted by molar-refractivity contribution is -0.232. The number of hydrogen-bond donors (Lipinski definition) is 2. The Morgan fingerprint density at radius 1 is 0.857 bits per heavy atom. The normalized spacial score (nSPS) is 30.3. The van der Waals surface area contributed by atoms with Gasteiger partial charge in [-0.2, -0.15) is 0 Å². The molecule has 534 valence electrons. The SMILES string of the molecule is C=C[C@H]([C@H]1OC[C@H](N(C)C)CO1)[C@@H]1CC[C@H]1CN1C[C@@]2(CCCc3cc(Cl)ccc32)COc2c(CN(C)[C@H]3CO[C@H]([C@@H]4/C=C/C[C@H](C)[C@@H](C)S(=O)(=O)NC(=O)c5ccc6c(c5)N(CCCCc5cc(Cl)ccc5CO6)C[C@@H]5CC[C@H]54)OC3)cc(C(=O)NS(=O)(=O)[C@H](C)[C@@H](C)CC)cc21. The third-order valence-electron chi connectivity index (χ3n) is 23.6. The second-order valence-corrected chi connectivity index (χ2v) is 34.9. The number of anilines is 2. The molecule has 4 aromatic rings. The van der Waals surface area contributed by atoms with Crippen molar-refractivity contribution in [1.29, 1.82) is 0 Å². The smallest absolute Gasteiger partial charge is 0.264 e. The molecule has 22 heteroatoms. The summed E-state index contributed by atoms with van der Waals surface area (Å²) in [6.45, 7) is 18.7. The molecule has 2 bridgehead atoms. The highest BCUT2D eigenvalue weighted by Crippen LogP contribution is 2.51. The first-order valence-electron chi connectivity index (χ1n) is 35.8. The first-order chi connectivity index (χ1) is 46.9. The molecule has 2 saturated carbocycles. The number of carbonyl (C=O) groups excluding carboxylic acids is 2. The number of rotatable bonds is 15. The molecule has 11 atom stereocenters. The van der Waals surface area contributed by atoms with Gasteiger partial charge in [-0.15, -0.1) is 6.58 Å². The van der Waals surface area contributed by atoms with Crippen molar-refractivity contribution >= 4 is 66.4 Å². The highest BCUT2D eigenvalue weighted by Gasteiger charge is 2.48. The van der Waals surface area contributed by atoms with Crippen LogP contribution in [0.1, 0.15) is 147 Å². The third kappa shape index (κ3) is 15.7. The van der Waals surface area contributed by atoms with Crippen molar-refractivity contribution in [3.8, 4) is 11.5 Å². The third-order valence-corrected chi connectivity index (χ3v) is 27.9. The van der Waals surface area contributed by atoms with Crippen molar-refractivity contribution in [3.63, 3.8) is 0 Å². The molecular formula is C76H102Cl2N6O12S2. The number of aryl methyl sites for hydroxylation is 2. The van der Waals surface area contributed by atoms with Crippen LogP contribution in [0.25, 0.3) is 0 Å². The molecule has 3 aliphatic carbocycles. The lowest BCUT2D eigenvalue weighted by Crippen LogP contribution is -2.51. The van der Waals surface area contributed by atoms with E-state index in [1.165, 1.54) is 11.1 Å². The summed E-state index contributed by atoms with van der Waals surface area (Å²) in [5, 5.41) is -0.340. The van der Waals surface area contributed by atoms with E-state index in [0.29, 0.717) is 107 Å². The molecule has 4 fully saturated rings. The zero-order chi connectivity index (χ0) is 69.4. The molecule has 2 saturated heterocycles. The van der Waals surface area contributed by atoms with Crippen LogP contribution in [0.4, 0.5) is 11.4 Å². The van der Waals surface area contributed by atoms with E-state index in [0.717, 1.165) is 92.3 Å². The summed E-state index contributed by atoms with van der Waals surface area (Å²) in [5.74, 6) is -0.109. The second-order valence-electron chi connectivity index (χ2n) is 29.9. The Hall–Kier alpha value is -5.26. The van der Waals surface area contributed by atoms with Crippen LogP contribution in [0.15, 0.2) is 91.5 Å². The number of likely N-dealkylation sites (N-methyl/N-ethyl adjacent to an activating group) is 2. The summed E-state index contributed by atoms with van der Waals surface area (Å²) < 4.78 is 102. The number of hydrogen-bond acceptors (Lipinski definition) is 16. The number of fused-ring (bicyclic) bond motifs is 6. The largest absolute Gasteiger partial charge is 0.490 e. The number of amides is 2. The topological polar surface area (TPSA) is 195 Å². The minimum absolute atomic E-state index is 0.0493. The average molecular weight is 1430 g/mol. The Bertz CT molecular complexity index is 3810. The maximum absolute atomic E-state index is 14.9. The molecule has 5 aliphatic heterocycles. The van der Waals surface area contributed by atoms with Gasteiger partial charge in [-0.25, -0.2) is 26.3 Å². The fourth-order valence-corrected chi connectivity index (χ4v) is 19.4. The van der Waals surface area contributed by atoms with Crippen LogP contribution in [0.3, 0.4) is 0 Å². The molecular weight excluding hydrogens is 1320 g/mol. The van der Waals surface area contributed by atoms with Crippen molar-refractivity contribution in [2.24, 2.45) is 47.3 Å². The van der Waals surface area contributed by atoms with E-state index in [-0.39, 0.29) is 70.6 Å². The van der Waals surface area contributed by atoms with Gasteiger partial charge in [0.1, 0.15) is 18.1 Å². The van der Waals surface area contributed by atoms with Crippen molar-refractivity contribution in [2.45, 2.75) is 165 Å². The predicted molar refractivity (Wildman–Crippen MR) is 385 cm³/mol. The van der Waals surface area contributed by atoms with Crippen LogP contribution in [-0.4, -0.2) is 154 Å². The van der Waals surface area contributed by atoms with Gasteiger partial charge in [0.15, 0.2) is 12.6 Å². The fourth-order valence-electron chi connectivity index (χ4n) is 16.3. The van der Waals surface area contributed by atoms with Gasteiger partial charge >= 0.3 is 0 Å². The van der Waals surface area contributed by atoms with Gasteiger partial charge in [-0.1, -0.05) is 80.8 Å². The van der Waals surface area contributed by atoms with Gasteiger partial charge in [-0.05, 0) is 218 Å². The molecule has 8 aliphatic rings. The number of sulfonamides is 2. The molecule has 0 aromatic heterocycles. The van der Waals surface area contributed by atoms with Crippen molar-refractivity contribution in [1.82, 2.24) is 19.2 Å². The molecule has 0 unspecified atom stereocenters. The van der Waals surface area contributed by atoms with Gasteiger partial charge in [0.2, 0.25) is 20.0 Å². The molecule has 12 rings (SSSR count). The number of carbonyl (C=O) groups is 2. The van der Waals surface area contributed by atoms with E-state index in [1.54, 1.807) is 32.0 Å². The lowest BCUT2D eigenvalue weighted by atomic mass is 9.66. The number of nitrogens with one attached hydrogen (secondary N) is 2. The van der Waals surface area contributed by atoms with Crippen LogP contribution >= 0.6 is 23.2 Å². The highest BCUT2D eigenvalue weighted by molar-refractivity contribution is 7.91. The van der Waals surface area contributed by atoms with Crippen LogP contribution in [0.5, 0.6) is 11.5 Å². The Balaban J connectivity index is 0.841. The summed E-state index contributed by atoms with van der Waals surface area (Å²) in [7, 11) is -2.08. The molecule has 2 N–H and O–H groups in total. The van der Waals surface area contributed by atoms with E-state index >= 15 is 0 Å². The van der Waals surface area contributed by atoms with Gasteiger partial charge in [0.25, 0.3) is 11.8 Å². The van der Waals surface area contributed by atoms with Crippen molar-refractivity contribution in [2.75, 3.05) is 90.2 Å². The zero-order valence-electron chi connectivity index (χ0n) is 58.4. The van der Waals surface area contributed by atoms with E-state index in [9.17, 15) is 26.4 Å². The summed E-state index contributed by atoms with van der Waals surface area (Å²) in [6, 6.07) is 20.9. The number of nitrogens with zero attached hydrogens (tertiary/aromatic N) is 4. The van der Waals surface area contributed by atoms with E-state index in [4.69, 9.17) is 51.6 Å². The van der Waals surface area contributed by atoms with Crippen LogP contribution in [-0.2, 0) is 70.4 Å². The quantitative estimate of drug-likeness (QED) is 0.107. The van der Waals surface area contributed by atoms with Gasteiger partial charge < -0.3 is 43.1 Å². The molecule has 0 radical (unpaired) electrons. The van der Waals surface area contributed by atoms with Crippen LogP contribution in [0, 0.1) is 47.3 Å². The van der Waals surface area contributed by atoms with E-state index in [2.05, 4.69) is 59.9 Å². The van der Waals surface area contributed by atoms with Gasteiger partial charge in [-0.3, -0.25) is 14.5 Å². The molecule has 5 heterocycles. The molecule has 2 amide bonds. The van der Waals surface area contributed by atoms with Crippen molar-refractivity contribution in [3.05, 3.63) is 141 Å². The Kier molecular flexibility index (Phi) is 22.8. The maximum atomic E-state index is 14.9. The monoisotopic (exact) mass is 1420 g/mol. The zero-order valence-corrected chi connectivity index (χ0v) is 61.5. The minimum Gasteiger partial charge on any atom is -0.490 e. The highest BCUT2D eigenvalue weighted by atomic mass is 35.5. The second kappa shape index (κ2) is 30.7. The molecule has 4 aromatic carbocycles. The number of ether oxygens (including phenoxy) is 6. The first-order valence-corrected chi connectivity index (χ1v) is 39.6. The lowest BCUT2D eigenvalue weighted by Gasteiger charge is -2.48. The van der Waals surface area contributed by atoms with Crippen LogP contribution < -0.4 is 28.7 Å². The van der Waals surface area contributed by atoms with Crippen LogP contribution in [0.2, 0.25) is 10.0 Å². The summed E-state index contributed by atoms with van der Waals surface area (Å²) in [4.78, 5) is 37.9. The van der Waals surface area contributed by atoms with E-state index < -0.39 is 60.4 Å². The summed E-state index contributed by atoms with van der Waals surface area (Å²) >= 11 is 13.2. The average Bonchev–Trinajstić information content (AvgIpc) is 1.49. The summed E-state index contributed by atoms with van der Waals surface area (Å²) in [5.41, 5.74) is 6.80. The van der Waals surface area contributed by atoms with E-state index in [1.807, 2.05) is 84.4 Å². The number of halogens is 2. The maximum Gasteiger partial charge on any atom is 0.264 e. The molecule has 1 spiro atoms. The molecule has 98 heavy (non-hydrogen) atoms. The van der Waals surface area contributed by atoms with Gasteiger partial charge in [0.05, 0.1) is 67.0 Å². The summed E-state index contributed by atoms with van der Waals surface area (Å²) in [6.07, 6.45) is 15.4. The number of benzene rings is 4.